The number of hydrogen-bond acceptors (Lipinski definition) is 2. The first kappa shape index (κ1) is 15.3. The van der Waals surface area contributed by atoms with Crippen LogP contribution in [0.5, 0.6) is 0 Å². The van der Waals surface area contributed by atoms with Crippen LogP contribution in [0, 0.1) is 17.6 Å². The minimum absolute atomic E-state index is 0. The van der Waals surface area contributed by atoms with Crippen LogP contribution < -0.4 is 5.73 Å². The SMILES string of the molecule is CN(Cc1cc(F)ccc1F)C(CN)C1CC1.Cl. The number of benzene rings is 1. The van der Waals surface area contributed by atoms with E-state index in [9.17, 15) is 8.78 Å². The highest BCUT2D eigenvalue weighted by atomic mass is 35.5. The van der Waals surface area contributed by atoms with Crippen LogP contribution in [0.25, 0.3) is 0 Å². The molecule has 1 aromatic carbocycles. The number of nitrogens with zero attached hydrogens (tertiary/aromatic N) is 1. The molecular weight excluding hydrogens is 258 g/mol. The molecule has 1 saturated carbocycles. The lowest BCUT2D eigenvalue weighted by Crippen LogP contribution is -2.39. The molecule has 1 aliphatic rings. The molecule has 0 saturated heterocycles. The fourth-order valence-electron chi connectivity index (χ4n) is 2.26. The Morgan fingerprint density at radius 1 is 1.39 bits per heavy atom. The third-order valence-corrected chi connectivity index (χ3v) is 3.40. The topological polar surface area (TPSA) is 29.3 Å². The van der Waals surface area contributed by atoms with E-state index in [0.717, 1.165) is 6.07 Å². The van der Waals surface area contributed by atoms with Crippen LogP contribution in [0.1, 0.15) is 18.4 Å². The zero-order chi connectivity index (χ0) is 12.4. The summed E-state index contributed by atoms with van der Waals surface area (Å²) in [7, 11) is 1.92. The summed E-state index contributed by atoms with van der Waals surface area (Å²) >= 11 is 0. The van der Waals surface area contributed by atoms with Crippen molar-refractivity contribution in [1.29, 1.82) is 0 Å². The number of likely N-dealkylation sites (N-methyl/N-ethyl adjacent to an activating group) is 1. The highest BCUT2D eigenvalue weighted by Gasteiger charge is 2.32. The van der Waals surface area contributed by atoms with Gasteiger partial charge in [-0.3, -0.25) is 4.90 Å². The van der Waals surface area contributed by atoms with E-state index in [1.165, 1.54) is 25.0 Å². The van der Waals surface area contributed by atoms with Crippen molar-refractivity contribution in [3.05, 3.63) is 35.4 Å². The van der Waals surface area contributed by atoms with Crippen LogP contribution in [0.4, 0.5) is 8.78 Å². The fraction of sp³-hybridized carbons (Fsp3) is 0.538. The van der Waals surface area contributed by atoms with E-state index < -0.39 is 5.82 Å². The molecule has 18 heavy (non-hydrogen) atoms. The van der Waals surface area contributed by atoms with E-state index in [4.69, 9.17) is 5.73 Å². The van der Waals surface area contributed by atoms with Gasteiger partial charge in [0.05, 0.1) is 0 Å². The number of rotatable bonds is 5. The average molecular weight is 277 g/mol. The lowest BCUT2D eigenvalue weighted by Gasteiger charge is -2.27. The lowest BCUT2D eigenvalue weighted by atomic mass is 10.1. The Bertz CT molecular complexity index is 397. The summed E-state index contributed by atoms with van der Waals surface area (Å²) in [5.74, 6) is -0.128. The Balaban J connectivity index is 0.00000162. The molecule has 1 fully saturated rings. The van der Waals surface area contributed by atoms with E-state index in [1.807, 2.05) is 11.9 Å². The number of nitrogens with two attached hydrogens (primary N) is 1. The maximum absolute atomic E-state index is 13.5. The van der Waals surface area contributed by atoms with Gasteiger partial charge < -0.3 is 5.73 Å². The van der Waals surface area contributed by atoms with E-state index in [0.29, 0.717) is 24.6 Å². The molecule has 1 aromatic rings. The summed E-state index contributed by atoms with van der Waals surface area (Å²) in [4.78, 5) is 2.02. The number of hydrogen-bond donors (Lipinski definition) is 1. The summed E-state index contributed by atoms with van der Waals surface area (Å²) in [6.07, 6.45) is 2.38. The van der Waals surface area contributed by atoms with Crippen molar-refractivity contribution in [1.82, 2.24) is 4.90 Å². The van der Waals surface area contributed by atoms with Gasteiger partial charge in [0.25, 0.3) is 0 Å². The zero-order valence-corrected chi connectivity index (χ0v) is 11.2. The molecule has 0 amide bonds. The molecular formula is C13H19ClF2N2. The molecule has 2 nitrogen and oxygen atoms in total. The summed E-state index contributed by atoms with van der Waals surface area (Å²) < 4.78 is 26.5. The van der Waals surface area contributed by atoms with Gasteiger partial charge in [-0.15, -0.1) is 12.4 Å². The fourth-order valence-corrected chi connectivity index (χ4v) is 2.26. The highest BCUT2D eigenvalue weighted by molar-refractivity contribution is 5.85. The van der Waals surface area contributed by atoms with Crippen molar-refractivity contribution >= 4 is 12.4 Å². The van der Waals surface area contributed by atoms with Crippen LogP contribution in [-0.4, -0.2) is 24.5 Å². The second kappa shape index (κ2) is 6.45. The Kier molecular flexibility index (Phi) is 5.50. The van der Waals surface area contributed by atoms with Gasteiger partial charge in [-0.25, -0.2) is 8.78 Å². The smallest absolute Gasteiger partial charge is 0.127 e. The van der Waals surface area contributed by atoms with Crippen molar-refractivity contribution in [3.63, 3.8) is 0 Å². The molecule has 102 valence electrons. The highest BCUT2D eigenvalue weighted by Crippen LogP contribution is 2.35. The van der Waals surface area contributed by atoms with Crippen molar-refractivity contribution in [2.75, 3.05) is 13.6 Å². The standard InChI is InChI=1S/C13H18F2N2.ClH/c1-17(13(7-16)9-2-3-9)8-10-6-11(14)4-5-12(10)15;/h4-6,9,13H,2-3,7-8,16H2,1H3;1H. The van der Waals surface area contributed by atoms with Gasteiger partial charge in [0, 0.05) is 24.7 Å². The molecule has 0 spiro atoms. The van der Waals surface area contributed by atoms with Gasteiger partial charge in [-0.2, -0.15) is 0 Å². The summed E-state index contributed by atoms with van der Waals surface area (Å²) in [5, 5.41) is 0. The Hall–Kier alpha value is -0.710. The van der Waals surface area contributed by atoms with E-state index in [1.54, 1.807) is 0 Å². The summed E-state index contributed by atoms with van der Waals surface area (Å²) in [6.45, 7) is 0.972. The Morgan fingerprint density at radius 2 is 2.06 bits per heavy atom. The Labute approximate surface area is 113 Å². The van der Waals surface area contributed by atoms with Gasteiger partial charge in [-0.1, -0.05) is 0 Å². The monoisotopic (exact) mass is 276 g/mol. The minimum atomic E-state index is -0.398. The van der Waals surface area contributed by atoms with Crippen molar-refractivity contribution in [2.45, 2.75) is 25.4 Å². The van der Waals surface area contributed by atoms with Crippen molar-refractivity contribution in [2.24, 2.45) is 11.7 Å². The third kappa shape index (κ3) is 3.64. The number of halogens is 3. The first-order valence-corrected chi connectivity index (χ1v) is 5.96. The van der Waals surface area contributed by atoms with E-state index in [2.05, 4.69) is 0 Å². The van der Waals surface area contributed by atoms with E-state index >= 15 is 0 Å². The van der Waals surface area contributed by atoms with Crippen molar-refractivity contribution in [3.8, 4) is 0 Å². The summed E-state index contributed by atoms with van der Waals surface area (Å²) in [5.41, 5.74) is 6.12. The quantitative estimate of drug-likeness (QED) is 0.896. The average Bonchev–Trinajstić information content (AvgIpc) is 3.09. The molecule has 1 aliphatic carbocycles. The summed E-state index contributed by atoms with van der Waals surface area (Å²) in [6, 6.07) is 3.84. The largest absolute Gasteiger partial charge is 0.329 e. The van der Waals surface area contributed by atoms with Crippen LogP contribution in [0.15, 0.2) is 18.2 Å². The van der Waals surface area contributed by atoms with Gasteiger partial charge in [-0.05, 0) is 44.0 Å². The predicted octanol–water partition coefficient (Wildman–Crippen LogP) is 2.56. The zero-order valence-electron chi connectivity index (χ0n) is 10.4. The maximum Gasteiger partial charge on any atom is 0.127 e. The van der Waals surface area contributed by atoms with Gasteiger partial charge >= 0.3 is 0 Å². The molecule has 0 radical (unpaired) electrons. The molecule has 0 bridgehead atoms. The van der Waals surface area contributed by atoms with Crippen LogP contribution in [0.3, 0.4) is 0 Å². The van der Waals surface area contributed by atoms with Crippen LogP contribution >= 0.6 is 12.4 Å². The van der Waals surface area contributed by atoms with E-state index in [-0.39, 0.29) is 24.3 Å². The molecule has 1 atom stereocenters. The first-order chi connectivity index (χ1) is 8.11. The molecule has 2 rings (SSSR count). The minimum Gasteiger partial charge on any atom is -0.329 e. The molecule has 2 N–H and O–H groups in total. The molecule has 1 unspecified atom stereocenters. The normalized spacial score (nSPS) is 16.5. The molecule has 0 aromatic heterocycles. The van der Waals surface area contributed by atoms with Crippen molar-refractivity contribution < 1.29 is 8.78 Å². The first-order valence-electron chi connectivity index (χ1n) is 5.96. The van der Waals surface area contributed by atoms with Crippen LogP contribution in [-0.2, 0) is 6.54 Å². The second-order valence-electron chi connectivity index (χ2n) is 4.79. The maximum atomic E-state index is 13.5. The van der Waals surface area contributed by atoms with Gasteiger partial charge in [0.15, 0.2) is 0 Å². The second-order valence-corrected chi connectivity index (χ2v) is 4.79. The molecule has 0 heterocycles. The lowest BCUT2D eigenvalue weighted by molar-refractivity contribution is 0.213. The Morgan fingerprint density at radius 3 is 2.61 bits per heavy atom. The molecule has 0 aliphatic heterocycles. The van der Waals surface area contributed by atoms with Crippen LogP contribution in [0.2, 0.25) is 0 Å². The predicted molar refractivity (Wildman–Crippen MR) is 70.6 cm³/mol. The molecule has 5 heteroatoms. The third-order valence-electron chi connectivity index (χ3n) is 3.40. The van der Waals surface area contributed by atoms with Gasteiger partial charge in [0.2, 0.25) is 0 Å². The van der Waals surface area contributed by atoms with Gasteiger partial charge in [0.1, 0.15) is 11.6 Å².